The molecule has 3 rings (SSSR count). The van der Waals surface area contributed by atoms with E-state index in [0.717, 1.165) is 28.6 Å². The second-order valence-electron chi connectivity index (χ2n) is 4.21. The predicted molar refractivity (Wildman–Crippen MR) is 70.8 cm³/mol. The van der Waals surface area contributed by atoms with Gasteiger partial charge >= 0.3 is 5.97 Å². The summed E-state index contributed by atoms with van der Waals surface area (Å²) in [5.74, 6) is -0.836. The standard InChI is InChI=1S/C14H12N2O2/c17-14(18)9-16-12-4-2-1-3-10(12)11-5-7-15-8-6-13(11)16/h1-4,6-8H,5,9H2,(H,17,18). The van der Waals surface area contributed by atoms with Crippen molar-refractivity contribution in [3.63, 3.8) is 0 Å². The lowest BCUT2D eigenvalue weighted by Gasteiger charge is -2.04. The van der Waals surface area contributed by atoms with Crippen molar-refractivity contribution in [3.05, 3.63) is 41.7 Å². The summed E-state index contributed by atoms with van der Waals surface area (Å²) in [7, 11) is 0. The van der Waals surface area contributed by atoms with Crippen molar-refractivity contribution in [2.75, 3.05) is 0 Å². The van der Waals surface area contributed by atoms with Gasteiger partial charge in [0.05, 0.1) is 0 Å². The van der Waals surface area contributed by atoms with Crippen LogP contribution in [0.3, 0.4) is 0 Å². The van der Waals surface area contributed by atoms with E-state index in [1.807, 2.05) is 41.1 Å². The zero-order chi connectivity index (χ0) is 12.5. The Kier molecular flexibility index (Phi) is 2.48. The summed E-state index contributed by atoms with van der Waals surface area (Å²) in [6.45, 7) is -0.0276. The van der Waals surface area contributed by atoms with E-state index in [2.05, 4.69) is 4.99 Å². The number of carboxylic acid groups (broad SMARTS) is 1. The van der Waals surface area contributed by atoms with Crippen LogP contribution in [0.4, 0.5) is 0 Å². The first-order valence-corrected chi connectivity index (χ1v) is 5.77. The van der Waals surface area contributed by atoms with Crippen LogP contribution in [0.2, 0.25) is 0 Å². The van der Waals surface area contributed by atoms with Crippen LogP contribution in [0.25, 0.3) is 17.0 Å². The number of aliphatic carboxylic acids is 1. The van der Waals surface area contributed by atoms with Gasteiger partial charge in [0.1, 0.15) is 6.54 Å². The highest BCUT2D eigenvalue weighted by Crippen LogP contribution is 2.28. The maximum absolute atomic E-state index is 11.0. The highest BCUT2D eigenvalue weighted by atomic mass is 16.4. The molecule has 2 aromatic rings. The lowest BCUT2D eigenvalue weighted by molar-refractivity contribution is -0.137. The maximum Gasteiger partial charge on any atom is 0.323 e. The van der Waals surface area contributed by atoms with E-state index in [4.69, 9.17) is 5.11 Å². The number of hydrogen-bond donors (Lipinski definition) is 1. The lowest BCUT2D eigenvalue weighted by Crippen LogP contribution is -2.10. The summed E-state index contributed by atoms with van der Waals surface area (Å²) in [6, 6.07) is 7.88. The van der Waals surface area contributed by atoms with Gasteiger partial charge in [-0.25, -0.2) is 0 Å². The normalized spacial score (nSPS) is 13.6. The average molecular weight is 240 g/mol. The van der Waals surface area contributed by atoms with Crippen molar-refractivity contribution < 1.29 is 9.90 Å². The Morgan fingerprint density at radius 1 is 1.39 bits per heavy atom. The molecule has 0 fully saturated rings. The Hall–Kier alpha value is -2.36. The molecule has 0 radical (unpaired) electrons. The number of nitrogens with zero attached hydrogens (tertiary/aromatic N) is 2. The molecular weight excluding hydrogens is 228 g/mol. The second kappa shape index (κ2) is 4.14. The number of fused-ring (bicyclic) bond motifs is 3. The zero-order valence-electron chi connectivity index (χ0n) is 9.71. The maximum atomic E-state index is 11.0. The molecule has 4 heteroatoms. The summed E-state index contributed by atoms with van der Waals surface area (Å²) in [5.41, 5.74) is 3.05. The monoisotopic (exact) mass is 240 g/mol. The van der Waals surface area contributed by atoms with Crippen molar-refractivity contribution in [1.29, 1.82) is 0 Å². The fraction of sp³-hybridized carbons (Fsp3) is 0.143. The highest BCUT2D eigenvalue weighted by Gasteiger charge is 2.16. The molecule has 1 aliphatic heterocycles. The van der Waals surface area contributed by atoms with Crippen LogP contribution in [-0.2, 0) is 17.8 Å². The molecule has 0 saturated carbocycles. The molecule has 1 N–H and O–H groups in total. The molecule has 2 heterocycles. The Balaban J connectivity index is 2.32. The number of benzene rings is 1. The van der Waals surface area contributed by atoms with Gasteiger partial charge in [0.2, 0.25) is 0 Å². The highest BCUT2D eigenvalue weighted by molar-refractivity contribution is 5.92. The van der Waals surface area contributed by atoms with E-state index in [1.165, 1.54) is 0 Å². The van der Waals surface area contributed by atoms with Crippen molar-refractivity contribution >= 4 is 29.2 Å². The van der Waals surface area contributed by atoms with Gasteiger partial charge in [-0.1, -0.05) is 18.2 Å². The third-order valence-corrected chi connectivity index (χ3v) is 3.13. The molecular formula is C14H12N2O2. The van der Waals surface area contributed by atoms with E-state index < -0.39 is 5.97 Å². The van der Waals surface area contributed by atoms with Gasteiger partial charge in [0.25, 0.3) is 0 Å². The minimum Gasteiger partial charge on any atom is -0.480 e. The quantitative estimate of drug-likeness (QED) is 0.875. The number of carbonyl (C=O) groups is 1. The lowest BCUT2D eigenvalue weighted by atomic mass is 10.1. The fourth-order valence-corrected chi connectivity index (χ4v) is 2.42. The van der Waals surface area contributed by atoms with E-state index in [-0.39, 0.29) is 6.54 Å². The second-order valence-corrected chi connectivity index (χ2v) is 4.21. The van der Waals surface area contributed by atoms with E-state index >= 15 is 0 Å². The smallest absolute Gasteiger partial charge is 0.323 e. The predicted octanol–water partition coefficient (Wildman–Crippen LogP) is 2.32. The first-order valence-electron chi connectivity index (χ1n) is 5.77. The molecule has 0 atom stereocenters. The Bertz CT molecular complexity index is 680. The summed E-state index contributed by atoms with van der Waals surface area (Å²) in [4.78, 5) is 15.1. The Labute approximate surface area is 104 Å². The van der Waals surface area contributed by atoms with Gasteiger partial charge in [0.15, 0.2) is 0 Å². The van der Waals surface area contributed by atoms with Crippen molar-refractivity contribution in [2.45, 2.75) is 13.0 Å². The molecule has 1 aromatic carbocycles. The van der Waals surface area contributed by atoms with Crippen LogP contribution in [0, 0.1) is 0 Å². The van der Waals surface area contributed by atoms with Crippen molar-refractivity contribution in [1.82, 2.24) is 4.57 Å². The first kappa shape index (κ1) is 10.8. The van der Waals surface area contributed by atoms with Crippen LogP contribution < -0.4 is 0 Å². The summed E-state index contributed by atoms with van der Waals surface area (Å²) < 4.78 is 1.83. The largest absolute Gasteiger partial charge is 0.480 e. The van der Waals surface area contributed by atoms with Crippen LogP contribution in [-0.4, -0.2) is 21.9 Å². The SMILES string of the molecule is O=C(O)Cn1c2c(c3ccccc31)CC=NC=C2. The van der Waals surface area contributed by atoms with Crippen molar-refractivity contribution in [3.8, 4) is 0 Å². The molecule has 1 aromatic heterocycles. The molecule has 1 aliphatic rings. The number of hydrogen-bond acceptors (Lipinski definition) is 2. The minimum atomic E-state index is -0.836. The molecule has 90 valence electrons. The molecule has 0 bridgehead atoms. The number of para-hydroxylation sites is 1. The number of carboxylic acids is 1. The van der Waals surface area contributed by atoms with Gasteiger partial charge in [-0.2, -0.15) is 0 Å². The Morgan fingerprint density at radius 3 is 3.06 bits per heavy atom. The fourth-order valence-electron chi connectivity index (χ4n) is 2.42. The molecule has 0 spiro atoms. The summed E-state index contributed by atoms with van der Waals surface area (Å²) in [6.07, 6.45) is 6.17. The Morgan fingerprint density at radius 2 is 2.22 bits per heavy atom. The molecule has 18 heavy (non-hydrogen) atoms. The number of aliphatic imine (C=N–C) groups is 1. The topological polar surface area (TPSA) is 54.6 Å². The molecule has 0 saturated heterocycles. The number of aromatic nitrogens is 1. The van der Waals surface area contributed by atoms with Crippen LogP contribution in [0.15, 0.2) is 35.5 Å². The van der Waals surface area contributed by atoms with Gasteiger partial charge < -0.3 is 9.67 Å². The molecule has 0 unspecified atom stereocenters. The van der Waals surface area contributed by atoms with Gasteiger partial charge in [0, 0.05) is 35.4 Å². The van der Waals surface area contributed by atoms with Crippen LogP contribution in [0.1, 0.15) is 11.3 Å². The number of rotatable bonds is 2. The van der Waals surface area contributed by atoms with Gasteiger partial charge in [-0.05, 0) is 17.7 Å². The van der Waals surface area contributed by atoms with E-state index in [0.29, 0.717) is 0 Å². The van der Waals surface area contributed by atoms with Gasteiger partial charge in [-0.3, -0.25) is 9.79 Å². The summed E-state index contributed by atoms with van der Waals surface area (Å²) in [5, 5.41) is 10.1. The third-order valence-electron chi connectivity index (χ3n) is 3.13. The third kappa shape index (κ3) is 1.62. The molecule has 0 aliphatic carbocycles. The van der Waals surface area contributed by atoms with E-state index in [1.54, 1.807) is 6.20 Å². The summed E-state index contributed by atoms with van der Waals surface area (Å²) >= 11 is 0. The van der Waals surface area contributed by atoms with E-state index in [9.17, 15) is 4.79 Å². The average Bonchev–Trinajstić information content (AvgIpc) is 2.55. The minimum absolute atomic E-state index is 0.0276. The molecule has 4 nitrogen and oxygen atoms in total. The van der Waals surface area contributed by atoms with Gasteiger partial charge in [-0.15, -0.1) is 0 Å². The zero-order valence-corrected chi connectivity index (χ0v) is 9.71. The van der Waals surface area contributed by atoms with Crippen LogP contribution in [0.5, 0.6) is 0 Å². The molecule has 0 amide bonds. The first-order chi connectivity index (χ1) is 8.77. The van der Waals surface area contributed by atoms with Crippen LogP contribution >= 0.6 is 0 Å². The van der Waals surface area contributed by atoms with Crippen molar-refractivity contribution in [2.24, 2.45) is 4.99 Å².